The zero-order valence-corrected chi connectivity index (χ0v) is 8.83. The number of hydrogen-bond acceptors (Lipinski definition) is 3. The molecule has 0 bridgehead atoms. The SMILES string of the molecule is NCCC1CCc2cnc3c(c21)CCO3. The van der Waals surface area contributed by atoms with Crippen LogP contribution in [-0.2, 0) is 12.8 Å². The second-order valence-corrected chi connectivity index (χ2v) is 4.39. The molecule has 0 spiro atoms. The number of fused-ring (bicyclic) bond motifs is 3. The molecular weight excluding hydrogens is 188 g/mol. The van der Waals surface area contributed by atoms with Crippen LogP contribution in [0.15, 0.2) is 6.20 Å². The van der Waals surface area contributed by atoms with Crippen LogP contribution in [0, 0.1) is 0 Å². The summed E-state index contributed by atoms with van der Waals surface area (Å²) in [5, 5.41) is 0. The van der Waals surface area contributed by atoms with E-state index in [4.69, 9.17) is 10.5 Å². The number of aryl methyl sites for hydroxylation is 1. The average Bonchev–Trinajstić information content (AvgIpc) is 2.83. The van der Waals surface area contributed by atoms with Crippen molar-refractivity contribution in [3.8, 4) is 5.88 Å². The molecule has 1 aliphatic carbocycles. The number of aromatic nitrogens is 1. The van der Waals surface area contributed by atoms with Gasteiger partial charge in [-0.3, -0.25) is 0 Å². The number of nitrogens with zero attached hydrogens (tertiary/aromatic N) is 1. The highest BCUT2D eigenvalue weighted by Crippen LogP contribution is 2.41. The minimum absolute atomic E-state index is 0.656. The van der Waals surface area contributed by atoms with E-state index in [0.29, 0.717) is 5.92 Å². The van der Waals surface area contributed by atoms with Gasteiger partial charge in [-0.1, -0.05) is 0 Å². The highest BCUT2D eigenvalue weighted by atomic mass is 16.5. The van der Waals surface area contributed by atoms with E-state index in [2.05, 4.69) is 4.98 Å². The lowest BCUT2D eigenvalue weighted by Gasteiger charge is -2.12. The van der Waals surface area contributed by atoms with Crippen LogP contribution >= 0.6 is 0 Å². The van der Waals surface area contributed by atoms with Crippen molar-refractivity contribution < 1.29 is 4.74 Å². The molecule has 1 aromatic rings. The van der Waals surface area contributed by atoms with E-state index < -0.39 is 0 Å². The van der Waals surface area contributed by atoms with Crippen molar-refractivity contribution >= 4 is 0 Å². The van der Waals surface area contributed by atoms with E-state index in [1.54, 1.807) is 0 Å². The summed E-state index contributed by atoms with van der Waals surface area (Å²) in [6.45, 7) is 1.58. The Hall–Kier alpha value is -1.09. The van der Waals surface area contributed by atoms with E-state index in [9.17, 15) is 0 Å². The predicted molar refractivity (Wildman–Crippen MR) is 58.2 cm³/mol. The van der Waals surface area contributed by atoms with Gasteiger partial charge < -0.3 is 10.5 Å². The molecule has 0 fully saturated rings. The van der Waals surface area contributed by atoms with Crippen molar-refractivity contribution in [1.82, 2.24) is 4.98 Å². The zero-order valence-electron chi connectivity index (χ0n) is 8.83. The Bertz CT molecular complexity index is 387. The third-order valence-electron chi connectivity index (χ3n) is 3.54. The fourth-order valence-corrected chi connectivity index (χ4v) is 2.88. The molecule has 0 radical (unpaired) electrons. The molecule has 0 saturated heterocycles. The molecule has 0 saturated carbocycles. The van der Waals surface area contributed by atoms with Gasteiger partial charge in [0.05, 0.1) is 6.61 Å². The Morgan fingerprint density at radius 2 is 2.40 bits per heavy atom. The first-order valence-electron chi connectivity index (χ1n) is 5.73. The summed E-state index contributed by atoms with van der Waals surface area (Å²) in [7, 11) is 0. The maximum atomic E-state index is 5.66. The fraction of sp³-hybridized carbons (Fsp3) is 0.583. The van der Waals surface area contributed by atoms with Crippen LogP contribution in [0.25, 0.3) is 0 Å². The van der Waals surface area contributed by atoms with Crippen molar-refractivity contribution in [2.24, 2.45) is 5.73 Å². The molecule has 1 aliphatic heterocycles. The van der Waals surface area contributed by atoms with E-state index in [1.165, 1.54) is 29.5 Å². The molecule has 2 heterocycles. The predicted octanol–water partition coefficient (Wildman–Crippen LogP) is 1.40. The van der Waals surface area contributed by atoms with Gasteiger partial charge in [-0.25, -0.2) is 4.98 Å². The van der Waals surface area contributed by atoms with Gasteiger partial charge in [0.25, 0.3) is 0 Å². The Kier molecular flexibility index (Phi) is 2.13. The van der Waals surface area contributed by atoms with Crippen LogP contribution < -0.4 is 10.5 Å². The molecule has 2 N–H and O–H groups in total. The Morgan fingerprint density at radius 1 is 1.47 bits per heavy atom. The van der Waals surface area contributed by atoms with Gasteiger partial charge in [0.1, 0.15) is 0 Å². The summed E-state index contributed by atoms with van der Waals surface area (Å²) in [6, 6.07) is 0. The van der Waals surface area contributed by atoms with Gasteiger partial charge in [0.2, 0.25) is 5.88 Å². The first-order chi connectivity index (χ1) is 7.40. The number of ether oxygens (including phenoxy) is 1. The first-order valence-corrected chi connectivity index (χ1v) is 5.73. The standard InChI is InChI=1S/C12H16N2O/c13-5-3-8-1-2-9-7-14-12-10(11(8)9)4-6-15-12/h7-8H,1-6,13H2. The van der Waals surface area contributed by atoms with Gasteiger partial charge >= 0.3 is 0 Å². The van der Waals surface area contributed by atoms with Crippen LogP contribution in [-0.4, -0.2) is 18.1 Å². The number of rotatable bonds is 2. The van der Waals surface area contributed by atoms with Crippen LogP contribution in [0.4, 0.5) is 0 Å². The molecule has 1 aromatic heterocycles. The molecule has 1 unspecified atom stereocenters. The van der Waals surface area contributed by atoms with Crippen LogP contribution in [0.3, 0.4) is 0 Å². The van der Waals surface area contributed by atoms with Crippen LogP contribution in [0.1, 0.15) is 35.4 Å². The van der Waals surface area contributed by atoms with Gasteiger partial charge in [0, 0.05) is 18.2 Å². The van der Waals surface area contributed by atoms with Crippen molar-refractivity contribution in [3.05, 3.63) is 22.9 Å². The van der Waals surface area contributed by atoms with E-state index in [1.807, 2.05) is 6.20 Å². The first kappa shape index (κ1) is 9.16. The molecular formula is C12H16N2O. The monoisotopic (exact) mass is 204 g/mol. The van der Waals surface area contributed by atoms with Crippen molar-refractivity contribution in [2.75, 3.05) is 13.2 Å². The quantitative estimate of drug-likeness (QED) is 0.792. The Morgan fingerprint density at radius 3 is 3.27 bits per heavy atom. The maximum absolute atomic E-state index is 5.66. The summed E-state index contributed by atoms with van der Waals surface area (Å²) in [5.74, 6) is 1.53. The highest BCUT2D eigenvalue weighted by molar-refractivity contribution is 5.46. The second kappa shape index (κ2) is 3.49. The average molecular weight is 204 g/mol. The summed E-state index contributed by atoms with van der Waals surface area (Å²) >= 11 is 0. The lowest BCUT2D eigenvalue weighted by Crippen LogP contribution is -2.06. The Balaban J connectivity index is 2.05. The maximum Gasteiger partial charge on any atom is 0.216 e. The fourth-order valence-electron chi connectivity index (χ4n) is 2.88. The molecule has 80 valence electrons. The number of pyridine rings is 1. The van der Waals surface area contributed by atoms with E-state index in [-0.39, 0.29) is 0 Å². The summed E-state index contributed by atoms with van der Waals surface area (Å²) in [4.78, 5) is 4.37. The van der Waals surface area contributed by atoms with Crippen LogP contribution in [0.5, 0.6) is 5.88 Å². The van der Waals surface area contributed by atoms with Crippen molar-refractivity contribution in [2.45, 2.75) is 31.6 Å². The highest BCUT2D eigenvalue weighted by Gasteiger charge is 2.29. The molecule has 3 heteroatoms. The lowest BCUT2D eigenvalue weighted by molar-refractivity contribution is 0.344. The van der Waals surface area contributed by atoms with Crippen molar-refractivity contribution in [1.29, 1.82) is 0 Å². The summed E-state index contributed by atoms with van der Waals surface area (Å²) in [6.07, 6.45) is 6.54. The van der Waals surface area contributed by atoms with Crippen molar-refractivity contribution in [3.63, 3.8) is 0 Å². The third-order valence-corrected chi connectivity index (χ3v) is 3.54. The molecule has 0 amide bonds. The van der Waals surface area contributed by atoms with E-state index in [0.717, 1.165) is 31.9 Å². The molecule has 0 aromatic carbocycles. The summed E-state index contributed by atoms with van der Waals surface area (Å²) < 4.78 is 5.51. The smallest absolute Gasteiger partial charge is 0.216 e. The third kappa shape index (κ3) is 1.34. The largest absolute Gasteiger partial charge is 0.477 e. The van der Waals surface area contributed by atoms with Gasteiger partial charge in [-0.15, -0.1) is 0 Å². The van der Waals surface area contributed by atoms with Gasteiger partial charge in [-0.2, -0.15) is 0 Å². The number of nitrogens with two attached hydrogens (primary N) is 1. The molecule has 3 nitrogen and oxygen atoms in total. The molecule has 3 rings (SSSR count). The minimum atomic E-state index is 0.656. The lowest BCUT2D eigenvalue weighted by atomic mass is 9.93. The van der Waals surface area contributed by atoms with Crippen LogP contribution in [0.2, 0.25) is 0 Å². The van der Waals surface area contributed by atoms with Gasteiger partial charge in [-0.05, 0) is 42.9 Å². The number of hydrogen-bond donors (Lipinski definition) is 1. The molecule has 1 atom stereocenters. The normalized spacial score (nSPS) is 22.3. The summed E-state index contributed by atoms with van der Waals surface area (Å²) in [5.41, 5.74) is 9.97. The van der Waals surface area contributed by atoms with Gasteiger partial charge in [0.15, 0.2) is 0 Å². The Labute approximate surface area is 89.6 Å². The zero-order chi connectivity index (χ0) is 10.3. The molecule has 15 heavy (non-hydrogen) atoms. The second-order valence-electron chi connectivity index (χ2n) is 4.39. The topological polar surface area (TPSA) is 48.1 Å². The molecule has 2 aliphatic rings. The van der Waals surface area contributed by atoms with E-state index >= 15 is 0 Å². The minimum Gasteiger partial charge on any atom is -0.477 e.